The van der Waals surface area contributed by atoms with Gasteiger partial charge < -0.3 is 24.4 Å². The molecule has 2 aliphatic rings. The highest BCUT2D eigenvalue weighted by Gasteiger charge is 2.37. The molecule has 1 fully saturated rings. The molecule has 30 heavy (non-hydrogen) atoms. The predicted octanol–water partition coefficient (Wildman–Crippen LogP) is 1.41. The van der Waals surface area contributed by atoms with Crippen LogP contribution < -0.4 is 19.7 Å². The van der Waals surface area contributed by atoms with E-state index < -0.39 is 29.9 Å². The molecule has 0 unspecified atom stereocenters. The second-order valence-corrected chi connectivity index (χ2v) is 7.86. The van der Waals surface area contributed by atoms with Gasteiger partial charge in [-0.25, -0.2) is 0 Å². The lowest BCUT2D eigenvalue weighted by Crippen LogP contribution is -2.50. The van der Waals surface area contributed by atoms with Crippen LogP contribution in [-0.2, 0) is 19.1 Å². The fourth-order valence-electron chi connectivity index (χ4n) is 3.20. The molecule has 1 saturated heterocycles. The minimum absolute atomic E-state index is 0.00318. The Bertz CT molecular complexity index is 893. The van der Waals surface area contributed by atoms with Crippen LogP contribution in [-0.4, -0.2) is 49.7 Å². The largest absolute Gasteiger partial charge is 0.486 e. The summed E-state index contributed by atoms with van der Waals surface area (Å²) < 4.78 is 16.1. The number of hydrogen-bond acceptors (Lipinski definition) is 7. The number of carbonyl (C=O) groups is 3. The van der Waals surface area contributed by atoms with Crippen molar-refractivity contribution in [1.29, 1.82) is 5.26 Å². The lowest BCUT2D eigenvalue weighted by molar-refractivity contribution is -0.152. The van der Waals surface area contributed by atoms with Gasteiger partial charge in [0.2, 0.25) is 5.91 Å². The van der Waals surface area contributed by atoms with E-state index in [-0.39, 0.29) is 24.8 Å². The van der Waals surface area contributed by atoms with Crippen molar-refractivity contribution in [3.63, 3.8) is 0 Å². The van der Waals surface area contributed by atoms with E-state index >= 15 is 0 Å². The number of esters is 1. The molecule has 0 aromatic heterocycles. The number of nitrogens with zero attached hydrogens (tertiary/aromatic N) is 2. The second-order valence-electron chi connectivity index (χ2n) is 7.86. The van der Waals surface area contributed by atoms with E-state index in [2.05, 4.69) is 11.4 Å². The molecule has 2 amide bonds. The van der Waals surface area contributed by atoms with Gasteiger partial charge >= 0.3 is 5.97 Å². The van der Waals surface area contributed by atoms with Crippen molar-refractivity contribution in [2.24, 2.45) is 11.8 Å². The quantitative estimate of drug-likeness (QED) is 0.698. The van der Waals surface area contributed by atoms with E-state index in [1.54, 1.807) is 25.1 Å². The number of fused-ring (bicyclic) bond motifs is 1. The SMILES string of the molecule is CC(C)[C@@](C)(C#N)NC(=O)COC(=O)[C@H]1CC(=O)N(c2ccc3c(c2)OCCO3)C1. The van der Waals surface area contributed by atoms with Crippen molar-refractivity contribution < 1.29 is 28.6 Å². The van der Waals surface area contributed by atoms with Crippen molar-refractivity contribution in [3.05, 3.63) is 18.2 Å². The van der Waals surface area contributed by atoms with Crippen LogP contribution in [0.15, 0.2) is 18.2 Å². The van der Waals surface area contributed by atoms with Crippen molar-refractivity contribution >= 4 is 23.5 Å². The van der Waals surface area contributed by atoms with Gasteiger partial charge in [-0.05, 0) is 25.0 Å². The van der Waals surface area contributed by atoms with Crippen molar-refractivity contribution in [2.45, 2.75) is 32.7 Å². The Morgan fingerprint density at radius 2 is 2.03 bits per heavy atom. The Morgan fingerprint density at radius 3 is 2.70 bits per heavy atom. The van der Waals surface area contributed by atoms with Gasteiger partial charge in [-0.3, -0.25) is 14.4 Å². The van der Waals surface area contributed by atoms with Crippen LogP contribution in [0.25, 0.3) is 0 Å². The minimum atomic E-state index is -1.05. The third-order valence-corrected chi connectivity index (χ3v) is 5.43. The van der Waals surface area contributed by atoms with Gasteiger partial charge in [0.15, 0.2) is 18.1 Å². The molecule has 3 rings (SSSR count). The summed E-state index contributed by atoms with van der Waals surface area (Å²) in [4.78, 5) is 38.4. The van der Waals surface area contributed by atoms with Gasteiger partial charge in [0.05, 0.1) is 12.0 Å². The normalized spacial score (nSPS) is 19.8. The zero-order chi connectivity index (χ0) is 21.9. The molecule has 9 nitrogen and oxygen atoms in total. The summed E-state index contributed by atoms with van der Waals surface area (Å²) in [5.41, 5.74) is -0.444. The monoisotopic (exact) mass is 415 g/mol. The summed E-state index contributed by atoms with van der Waals surface area (Å²) >= 11 is 0. The number of nitrogens with one attached hydrogen (secondary N) is 1. The van der Waals surface area contributed by atoms with Gasteiger partial charge in [-0.2, -0.15) is 5.26 Å². The number of anilines is 1. The first-order valence-electron chi connectivity index (χ1n) is 9.82. The number of benzene rings is 1. The Morgan fingerprint density at radius 1 is 1.33 bits per heavy atom. The highest BCUT2D eigenvalue weighted by atomic mass is 16.6. The first-order valence-corrected chi connectivity index (χ1v) is 9.82. The first-order chi connectivity index (χ1) is 14.2. The average Bonchev–Trinajstić information content (AvgIpc) is 3.13. The van der Waals surface area contributed by atoms with Crippen LogP contribution in [0.4, 0.5) is 5.69 Å². The molecule has 0 bridgehead atoms. The smallest absolute Gasteiger partial charge is 0.311 e. The summed E-state index contributed by atoms with van der Waals surface area (Å²) in [6.07, 6.45) is -0.00318. The minimum Gasteiger partial charge on any atom is -0.486 e. The molecule has 9 heteroatoms. The van der Waals surface area contributed by atoms with Crippen LogP contribution in [0, 0.1) is 23.2 Å². The molecular weight excluding hydrogens is 390 g/mol. The maximum absolute atomic E-state index is 12.4. The molecule has 0 radical (unpaired) electrons. The Balaban J connectivity index is 1.56. The predicted molar refractivity (Wildman–Crippen MR) is 106 cm³/mol. The number of nitriles is 1. The van der Waals surface area contributed by atoms with Gasteiger partial charge in [-0.15, -0.1) is 0 Å². The molecule has 0 spiro atoms. The summed E-state index contributed by atoms with van der Waals surface area (Å²) in [5, 5.41) is 11.8. The molecule has 1 N–H and O–H groups in total. The van der Waals surface area contributed by atoms with Crippen molar-refractivity contribution in [1.82, 2.24) is 5.32 Å². The molecule has 2 heterocycles. The lowest BCUT2D eigenvalue weighted by Gasteiger charge is -2.27. The molecule has 0 saturated carbocycles. The topological polar surface area (TPSA) is 118 Å². The van der Waals surface area contributed by atoms with Gasteiger partial charge in [0, 0.05) is 24.7 Å². The van der Waals surface area contributed by atoms with E-state index in [4.69, 9.17) is 14.2 Å². The fourth-order valence-corrected chi connectivity index (χ4v) is 3.20. The fraction of sp³-hybridized carbons (Fsp3) is 0.524. The van der Waals surface area contributed by atoms with Crippen LogP contribution in [0.1, 0.15) is 27.2 Å². The zero-order valence-electron chi connectivity index (χ0n) is 17.3. The Hall–Kier alpha value is -3.28. The highest BCUT2D eigenvalue weighted by molar-refractivity contribution is 6.00. The summed E-state index contributed by atoms with van der Waals surface area (Å²) in [6, 6.07) is 7.24. The van der Waals surface area contributed by atoms with Gasteiger partial charge in [0.25, 0.3) is 5.91 Å². The molecule has 2 atom stereocenters. The van der Waals surface area contributed by atoms with E-state index in [1.165, 1.54) is 4.90 Å². The number of carbonyl (C=O) groups excluding carboxylic acids is 3. The number of amides is 2. The first kappa shape index (κ1) is 21.4. The van der Waals surface area contributed by atoms with E-state index in [1.807, 2.05) is 13.8 Å². The third kappa shape index (κ3) is 4.48. The van der Waals surface area contributed by atoms with Crippen LogP contribution in [0.2, 0.25) is 0 Å². The molecular formula is C21H25N3O6. The number of rotatable bonds is 6. The van der Waals surface area contributed by atoms with Crippen LogP contribution >= 0.6 is 0 Å². The second kappa shape index (κ2) is 8.61. The molecule has 0 aliphatic carbocycles. The average molecular weight is 415 g/mol. The molecule has 2 aliphatic heterocycles. The zero-order valence-corrected chi connectivity index (χ0v) is 17.3. The number of ether oxygens (including phenoxy) is 3. The molecule has 1 aromatic rings. The van der Waals surface area contributed by atoms with E-state index in [9.17, 15) is 19.6 Å². The highest BCUT2D eigenvalue weighted by Crippen LogP contribution is 2.36. The van der Waals surface area contributed by atoms with Crippen molar-refractivity contribution in [2.75, 3.05) is 31.3 Å². The summed E-state index contributed by atoms with van der Waals surface area (Å²) in [7, 11) is 0. The van der Waals surface area contributed by atoms with Gasteiger partial charge in [0.1, 0.15) is 18.8 Å². The van der Waals surface area contributed by atoms with Gasteiger partial charge in [-0.1, -0.05) is 13.8 Å². The molecule has 1 aromatic carbocycles. The van der Waals surface area contributed by atoms with E-state index in [0.717, 1.165) is 0 Å². The maximum atomic E-state index is 12.4. The third-order valence-electron chi connectivity index (χ3n) is 5.43. The summed E-state index contributed by atoms with van der Waals surface area (Å²) in [6.45, 7) is 5.79. The van der Waals surface area contributed by atoms with Crippen LogP contribution in [0.5, 0.6) is 11.5 Å². The van der Waals surface area contributed by atoms with Crippen molar-refractivity contribution in [3.8, 4) is 17.6 Å². The Kier molecular flexibility index (Phi) is 6.15. The number of hydrogen-bond donors (Lipinski definition) is 1. The Labute approximate surface area is 174 Å². The summed E-state index contributed by atoms with van der Waals surface area (Å²) in [5.74, 6) is -1.02. The van der Waals surface area contributed by atoms with Crippen LogP contribution in [0.3, 0.4) is 0 Å². The lowest BCUT2D eigenvalue weighted by atomic mass is 9.90. The van der Waals surface area contributed by atoms with E-state index in [0.29, 0.717) is 30.4 Å². The maximum Gasteiger partial charge on any atom is 0.311 e. The standard InChI is InChI=1S/C21H25N3O6/c1-13(2)21(3,12-22)23-18(25)11-30-20(27)14-8-19(26)24(10-14)15-4-5-16-17(9-15)29-7-6-28-16/h4-5,9,13-14H,6-8,10-11H2,1-3H3,(H,23,25)/t14-,21+/m0/s1. The molecule has 160 valence electrons.